The van der Waals surface area contributed by atoms with Gasteiger partial charge < -0.3 is 5.32 Å². The molecule has 1 aromatic rings. The maximum absolute atomic E-state index is 3.42. The molecule has 0 amide bonds. The predicted molar refractivity (Wildman–Crippen MR) is 65.4 cm³/mol. The van der Waals surface area contributed by atoms with Gasteiger partial charge in [-0.2, -0.15) is 0 Å². The van der Waals surface area contributed by atoms with Gasteiger partial charge in [0.15, 0.2) is 0 Å². The molecule has 1 saturated heterocycles. The monoisotopic (exact) mass is 203 g/mol. The molecular formula is C14H21N. The van der Waals surface area contributed by atoms with Crippen LogP contribution in [0.3, 0.4) is 0 Å². The summed E-state index contributed by atoms with van der Waals surface area (Å²) in [7, 11) is 0. The maximum Gasteiger partial charge on any atom is -0.00431 e. The zero-order valence-electron chi connectivity index (χ0n) is 9.79. The number of piperidine rings is 1. The zero-order chi connectivity index (χ0) is 10.7. The Morgan fingerprint density at radius 1 is 1.20 bits per heavy atom. The Morgan fingerprint density at radius 2 is 1.93 bits per heavy atom. The molecule has 2 rings (SSSR count). The van der Waals surface area contributed by atoms with Crippen molar-refractivity contribution in [1.29, 1.82) is 0 Å². The van der Waals surface area contributed by atoms with Gasteiger partial charge in [0.1, 0.15) is 0 Å². The predicted octanol–water partition coefficient (Wildman–Crippen LogP) is 3.28. The molecule has 0 spiro atoms. The number of hydrogen-bond acceptors (Lipinski definition) is 1. The van der Waals surface area contributed by atoms with Gasteiger partial charge in [-0.05, 0) is 48.9 Å². The first kappa shape index (κ1) is 10.7. The van der Waals surface area contributed by atoms with Gasteiger partial charge in [0.2, 0.25) is 0 Å². The van der Waals surface area contributed by atoms with Crippen LogP contribution in [-0.4, -0.2) is 13.1 Å². The first-order valence-electron chi connectivity index (χ1n) is 6.08. The summed E-state index contributed by atoms with van der Waals surface area (Å²) in [4.78, 5) is 0. The van der Waals surface area contributed by atoms with E-state index in [0.29, 0.717) is 5.92 Å². The molecule has 1 aromatic carbocycles. The molecule has 15 heavy (non-hydrogen) atoms. The topological polar surface area (TPSA) is 12.0 Å². The minimum absolute atomic E-state index is 0.645. The largest absolute Gasteiger partial charge is 0.317 e. The average molecular weight is 203 g/mol. The second-order valence-electron chi connectivity index (χ2n) is 4.85. The molecule has 82 valence electrons. The van der Waals surface area contributed by atoms with E-state index in [2.05, 4.69) is 43.4 Å². The molecule has 0 saturated carbocycles. The van der Waals surface area contributed by atoms with Crippen LogP contribution in [0.5, 0.6) is 0 Å². The lowest BCUT2D eigenvalue weighted by atomic mass is 9.88. The van der Waals surface area contributed by atoms with Gasteiger partial charge in [-0.15, -0.1) is 0 Å². The van der Waals surface area contributed by atoms with Crippen molar-refractivity contribution in [1.82, 2.24) is 5.32 Å². The van der Waals surface area contributed by atoms with Crippen LogP contribution >= 0.6 is 0 Å². The van der Waals surface area contributed by atoms with E-state index >= 15 is 0 Å². The van der Waals surface area contributed by atoms with E-state index in [4.69, 9.17) is 0 Å². The molecule has 0 unspecified atom stereocenters. The van der Waals surface area contributed by atoms with Crippen LogP contribution in [0, 0.1) is 0 Å². The third kappa shape index (κ3) is 2.60. The van der Waals surface area contributed by atoms with Gasteiger partial charge >= 0.3 is 0 Å². The molecule has 1 nitrogen and oxygen atoms in total. The minimum atomic E-state index is 0.645. The molecule has 1 fully saturated rings. The van der Waals surface area contributed by atoms with Gasteiger partial charge in [0, 0.05) is 0 Å². The van der Waals surface area contributed by atoms with Crippen molar-refractivity contribution in [2.24, 2.45) is 0 Å². The number of benzene rings is 1. The highest BCUT2D eigenvalue weighted by Crippen LogP contribution is 2.27. The van der Waals surface area contributed by atoms with Crippen molar-refractivity contribution >= 4 is 0 Å². The van der Waals surface area contributed by atoms with E-state index in [0.717, 1.165) is 5.92 Å². The lowest BCUT2D eigenvalue weighted by Gasteiger charge is -2.23. The van der Waals surface area contributed by atoms with Crippen molar-refractivity contribution in [3.8, 4) is 0 Å². The van der Waals surface area contributed by atoms with Gasteiger partial charge in [-0.25, -0.2) is 0 Å². The van der Waals surface area contributed by atoms with Gasteiger partial charge in [0.05, 0.1) is 0 Å². The van der Waals surface area contributed by atoms with Crippen LogP contribution in [0.1, 0.15) is 49.7 Å². The van der Waals surface area contributed by atoms with Crippen molar-refractivity contribution in [3.63, 3.8) is 0 Å². The minimum Gasteiger partial charge on any atom is -0.317 e. The Bertz CT molecular complexity index is 311. The molecule has 1 N–H and O–H groups in total. The standard InChI is InChI=1S/C14H21N/c1-11(2)13-4-3-5-14(10-13)12-6-8-15-9-7-12/h3-5,10-12,15H,6-9H2,1-2H3. The quantitative estimate of drug-likeness (QED) is 0.778. The van der Waals surface area contributed by atoms with Gasteiger partial charge in [0.25, 0.3) is 0 Å². The maximum atomic E-state index is 3.42. The third-order valence-corrected chi connectivity index (χ3v) is 3.39. The summed E-state index contributed by atoms with van der Waals surface area (Å²) >= 11 is 0. The highest BCUT2D eigenvalue weighted by Gasteiger charge is 2.15. The molecule has 0 bridgehead atoms. The molecular weight excluding hydrogens is 182 g/mol. The van der Waals surface area contributed by atoms with Crippen molar-refractivity contribution in [2.45, 2.75) is 38.5 Å². The number of nitrogens with one attached hydrogen (secondary N) is 1. The Balaban J connectivity index is 2.16. The fraction of sp³-hybridized carbons (Fsp3) is 0.571. The smallest absolute Gasteiger partial charge is 0.00431 e. The molecule has 1 aliphatic rings. The van der Waals surface area contributed by atoms with E-state index in [1.807, 2.05) is 0 Å². The molecule has 0 aliphatic carbocycles. The Labute approximate surface area is 92.9 Å². The lowest BCUT2D eigenvalue weighted by molar-refractivity contribution is 0.460. The molecule has 0 radical (unpaired) electrons. The fourth-order valence-electron chi connectivity index (χ4n) is 2.33. The molecule has 0 aromatic heterocycles. The third-order valence-electron chi connectivity index (χ3n) is 3.39. The van der Waals surface area contributed by atoms with Crippen LogP contribution in [0.2, 0.25) is 0 Å². The summed E-state index contributed by atoms with van der Waals surface area (Å²) in [5.41, 5.74) is 3.02. The highest BCUT2D eigenvalue weighted by atomic mass is 14.9. The SMILES string of the molecule is CC(C)c1cccc(C2CCNCC2)c1. The van der Waals surface area contributed by atoms with Crippen LogP contribution in [0.25, 0.3) is 0 Å². The molecule has 1 heteroatoms. The van der Waals surface area contributed by atoms with E-state index in [-0.39, 0.29) is 0 Å². The summed E-state index contributed by atoms with van der Waals surface area (Å²) in [5, 5.41) is 3.42. The molecule has 1 heterocycles. The Hall–Kier alpha value is -0.820. The van der Waals surface area contributed by atoms with Crippen molar-refractivity contribution in [2.75, 3.05) is 13.1 Å². The van der Waals surface area contributed by atoms with Crippen molar-refractivity contribution < 1.29 is 0 Å². The summed E-state index contributed by atoms with van der Waals surface area (Å²) < 4.78 is 0. The highest BCUT2D eigenvalue weighted by molar-refractivity contribution is 5.28. The van der Waals surface area contributed by atoms with E-state index in [9.17, 15) is 0 Å². The van der Waals surface area contributed by atoms with Crippen LogP contribution in [0.15, 0.2) is 24.3 Å². The van der Waals surface area contributed by atoms with Crippen molar-refractivity contribution in [3.05, 3.63) is 35.4 Å². The summed E-state index contributed by atoms with van der Waals surface area (Å²) in [5.74, 6) is 1.43. The molecule has 1 aliphatic heterocycles. The van der Waals surface area contributed by atoms with Crippen LogP contribution < -0.4 is 5.32 Å². The Morgan fingerprint density at radius 3 is 2.60 bits per heavy atom. The first-order chi connectivity index (χ1) is 7.27. The number of rotatable bonds is 2. The van der Waals surface area contributed by atoms with Gasteiger partial charge in [-0.3, -0.25) is 0 Å². The second kappa shape index (κ2) is 4.80. The normalized spacial score (nSPS) is 18.3. The van der Waals surface area contributed by atoms with Crippen LogP contribution in [-0.2, 0) is 0 Å². The van der Waals surface area contributed by atoms with E-state index < -0.39 is 0 Å². The van der Waals surface area contributed by atoms with E-state index in [1.165, 1.54) is 31.5 Å². The van der Waals surface area contributed by atoms with Gasteiger partial charge in [-0.1, -0.05) is 38.1 Å². The lowest BCUT2D eigenvalue weighted by Crippen LogP contribution is -2.26. The van der Waals surface area contributed by atoms with Crippen LogP contribution in [0.4, 0.5) is 0 Å². The summed E-state index contributed by atoms with van der Waals surface area (Å²) in [6.07, 6.45) is 2.59. The first-order valence-corrected chi connectivity index (χ1v) is 6.08. The summed E-state index contributed by atoms with van der Waals surface area (Å²) in [6.45, 7) is 6.89. The second-order valence-corrected chi connectivity index (χ2v) is 4.85. The molecule has 0 atom stereocenters. The van der Waals surface area contributed by atoms with E-state index in [1.54, 1.807) is 5.56 Å². The fourth-order valence-corrected chi connectivity index (χ4v) is 2.33. The zero-order valence-corrected chi connectivity index (χ0v) is 9.79. The Kier molecular flexibility index (Phi) is 3.42. The average Bonchev–Trinajstić information content (AvgIpc) is 2.30. The number of hydrogen-bond donors (Lipinski definition) is 1. The summed E-state index contributed by atoms with van der Waals surface area (Å²) in [6, 6.07) is 9.16.